The molecule has 0 aromatic carbocycles. The predicted octanol–water partition coefficient (Wildman–Crippen LogP) is 3.32. The van der Waals surface area contributed by atoms with Crippen molar-refractivity contribution < 1.29 is 4.79 Å². The maximum absolute atomic E-state index is 11.4. The maximum Gasteiger partial charge on any atom is 0.162 e. The van der Waals surface area contributed by atoms with E-state index in [4.69, 9.17) is 11.6 Å². The van der Waals surface area contributed by atoms with Gasteiger partial charge in [0, 0.05) is 25.9 Å². The largest absolute Gasteiger partial charge is 0.294 e. The second kappa shape index (κ2) is 5.67. The molecular formula is C13H20ClN3O. The number of aromatic nitrogens is 1. The molecule has 18 heavy (non-hydrogen) atoms. The second-order valence-electron chi connectivity index (χ2n) is 4.05. The molecule has 0 amide bonds. The Morgan fingerprint density at radius 1 is 1.39 bits per heavy atom. The molecular weight excluding hydrogens is 250 g/mol. The standard InChI is InChI=1S/C11H14ClN3O.C2H6/c1-6-9-10(12)8(7(2)16)5-13-11(9)15(4)14(6)3;1-2/h5-6H,1-4H3;1-2H3. The number of halogens is 1. The Bertz CT molecular complexity index is 462. The van der Waals surface area contributed by atoms with Gasteiger partial charge in [0.05, 0.1) is 16.6 Å². The topological polar surface area (TPSA) is 36.4 Å². The number of carbonyl (C=O) groups excluding carboxylic acids is 1. The van der Waals surface area contributed by atoms with Crippen LogP contribution in [0, 0.1) is 0 Å². The van der Waals surface area contributed by atoms with Gasteiger partial charge in [-0.25, -0.2) is 9.99 Å². The molecule has 5 heteroatoms. The lowest BCUT2D eigenvalue weighted by Gasteiger charge is -2.23. The Balaban J connectivity index is 0.000000771. The smallest absolute Gasteiger partial charge is 0.162 e. The number of ketones is 1. The van der Waals surface area contributed by atoms with E-state index in [0.29, 0.717) is 10.6 Å². The van der Waals surface area contributed by atoms with Crippen molar-refractivity contribution in [2.45, 2.75) is 33.7 Å². The molecule has 1 unspecified atom stereocenters. The molecule has 1 aliphatic rings. The minimum Gasteiger partial charge on any atom is -0.294 e. The van der Waals surface area contributed by atoms with Gasteiger partial charge in [-0.15, -0.1) is 0 Å². The van der Waals surface area contributed by atoms with Gasteiger partial charge < -0.3 is 0 Å². The van der Waals surface area contributed by atoms with Crippen LogP contribution in [0.4, 0.5) is 5.82 Å². The molecule has 0 aliphatic carbocycles. The molecule has 0 saturated heterocycles. The Morgan fingerprint density at radius 2 is 1.94 bits per heavy atom. The fourth-order valence-electron chi connectivity index (χ4n) is 1.96. The predicted molar refractivity (Wildman–Crippen MR) is 75.2 cm³/mol. The van der Waals surface area contributed by atoms with Crippen molar-refractivity contribution in [2.24, 2.45) is 0 Å². The van der Waals surface area contributed by atoms with Crippen LogP contribution in [0.15, 0.2) is 6.20 Å². The summed E-state index contributed by atoms with van der Waals surface area (Å²) in [5.41, 5.74) is 1.43. The third-order valence-electron chi connectivity index (χ3n) is 3.17. The Hall–Kier alpha value is -1.13. The molecule has 0 N–H and O–H groups in total. The van der Waals surface area contributed by atoms with E-state index in [2.05, 4.69) is 4.98 Å². The second-order valence-corrected chi connectivity index (χ2v) is 4.43. The quantitative estimate of drug-likeness (QED) is 0.733. The van der Waals surface area contributed by atoms with Gasteiger partial charge in [-0.1, -0.05) is 25.4 Å². The lowest BCUT2D eigenvalue weighted by Crippen LogP contribution is -2.32. The van der Waals surface area contributed by atoms with Crippen LogP contribution in [0.5, 0.6) is 0 Å². The zero-order valence-electron chi connectivity index (χ0n) is 11.8. The third-order valence-corrected chi connectivity index (χ3v) is 3.57. The summed E-state index contributed by atoms with van der Waals surface area (Å²) in [7, 11) is 3.90. The van der Waals surface area contributed by atoms with Crippen molar-refractivity contribution in [3.63, 3.8) is 0 Å². The highest BCUT2D eigenvalue weighted by atomic mass is 35.5. The van der Waals surface area contributed by atoms with Crippen molar-refractivity contribution in [1.29, 1.82) is 0 Å². The number of rotatable bonds is 1. The molecule has 0 radical (unpaired) electrons. The number of Topliss-reactive ketones (excluding diaryl/α,β-unsaturated/α-hetero) is 1. The number of fused-ring (bicyclic) bond motifs is 1. The van der Waals surface area contributed by atoms with E-state index < -0.39 is 0 Å². The summed E-state index contributed by atoms with van der Waals surface area (Å²) in [6.07, 6.45) is 1.55. The van der Waals surface area contributed by atoms with E-state index in [-0.39, 0.29) is 11.8 Å². The van der Waals surface area contributed by atoms with Crippen LogP contribution in [-0.4, -0.2) is 29.9 Å². The zero-order valence-corrected chi connectivity index (χ0v) is 12.5. The first-order valence-corrected chi connectivity index (χ1v) is 6.48. The first kappa shape index (κ1) is 14.9. The summed E-state index contributed by atoms with van der Waals surface area (Å²) in [5, 5.41) is 4.50. The summed E-state index contributed by atoms with van der Waals surface area (Å²) in [4.78, 5) is 15.7. The van der Waals surface area contributed by atoms with Gasteiger partial charge in [0.15, 0.2) is 5.78 Å². The summed E-state index contributed by atoms with van der Waals surface area (Å²) >= 11 is 6.26. The van der Waals surface area contributed by atoms with Gasteiger partial charge in [-0.3, -0.25) is 9.80 Å². The van der Waals surface area contributed by atoms with Gasteiger partial charge in [0.25, 0.3) is 0 Å². The zero-order chi connectivity index (χ0) is 14.0. The van der Waals surface area contributed by atoms with Crippen LogP contribution in [0.3, 0.4) is 0 Å². The van der Waals surface area contributed by atoms with Gasteiger partial charge in [-0.2, -0.15) is 0 Å². The summed E-state index contributed by atoms with van der Waals surface area (Å²) in [6.45, 7) is 7.54. The minimum atomic E-state index is -0.0512. The molecule has 2 rings (SSSR count). The molecule has 0 bridgehead atoms. The molecule has 0 fully saturated rings. The van der Waals surface area contributed by atoms with Crippen LogP contribution in [0.25, 0.3) is 0 Å². The highest BCUT2D eigenvalue weighted by Crippen LogP contribution is 2.41. The molecule has 1 aliphatic heterocycles. The van der Waals surface area contributed by atoms with Crippen molar-refractivity contribution in [3.8, 4) is 0 Å². The normalized spacial score (nSPS) is 18.2. The SMILES string of the molecule is CC.CC(=O)c1cnc2c(c1Cl)C(C)N(C)N2C. The van der Waals surface area contributed by atoms with Crippen LogP contribution in [-0.2, 0) is 0 Å². The Morgan fingerprint density at radius 3 is 2.44 bits per heavy atom. The number of anilines is 1. The summed E-state index contributed by atoms with van der Waals surface area (Å²) in [5.74, 6) is 0.773. The molecule has 1 atom stereocenters. The number of nitrogens with zero attached hydrogens (tertiary/aromatic N) is 3. The van der Waals surface area contributed by atoms with E-state index >= 15 is 0 Å². The molecule has 0 spiro atoms. The molecule has 1 aromatic rings. The van der Waals surface area contributed by atoms with Crippen molar-refractivity contribution in [1.82, 2.24) is 9.99 Å². The highest BCUT2D eigenvalue weighted by Gasteiger charge is 2.33. The van der Waals surface area contributed by atoms with E-state index in [1.54, 1.807) is 6.20 Å². The first-order valence-electron chi connectivity index (χ1n) is 6.11. The van der Waals surface area contributed by atoms with Crippen LogP contribution < -0.4 is 5.01 Å². The number of hydrazine groups is 1. The monoisotopic (exact) mass is 269 g/mol. The molecule has 1 aromatic heterocycles. The first-order chi connectivity index (χ1) is 8.45. The van der Waals surface area contributed by atoms with Crippen molar-refractivity contribution >= 4 is 23.2 Å². The van der Waals surface area contributed by atoms with Crippen molar-refractivity contribution in [2.75, 3.05) is 19.1 Å². The lowest BCUT2D eigenvalue weighted by molar-refractivity contribution is 0.101. The number of hydrogen-bond acceptors (Lipinski definition) is 4. The van der Waals surface area contributed by atoms with E-state index in [0.717, 1.165) is 11.4 Å². The van der Waals surface area contributed by atoms with E-state index in [9.17, 15) is 4.79 Å². The van der Waals surface area contributed by atoms with E-state index in [1.807, 2.05) is 44.9 Å². The van der Waals surface area contributed by atoms with Crippen LogP contribution in [0.1, 0.15) is 49.7 Å². The van der Waals surface area contributed by atoms with Gasteiger partial charge >= 0.3 is 0 Å². The van der Waals surface area contributed by atoms with Crippen LogP contribution in [0.2, 0.25) is 5.02 Å². The van der Waals surface area contributed by atoms with Gasteiger partial charge in [0.2, 0.25) is 0 Å². The van der Waals surface area contributed by atoms with Gasteiger partial charge in [0.1, 0.15) is 5.82 Å². The third kappa shape index (κ3) is 2.22. The fourth-order valence-corrected chi connectivity index (χ4v) is 2.39. The van der Waals surface area contributed by atoms with Crippen LogP contribution >= 0.6 is 11.6 Å². The number of carbonyl (C=O) groups is 1. The van der Waals surface area contributed by atoms with Crippen molar-refractivity contribution in [3.05, 3.63) is 22.3 Å². The summed E-state index contributed by atoms with van der Waals surface area (Å²) in [6, 6.07) is 0.138. The molecule has 100 valence electrons. The Labute approximate surface area is 114 Å². The lowest BCUT2D eigenvalue weighted by atomic mass is 10.1. The average Bonchev–Trinajstić information content (AvgIpc) is 2.57. The minimum absolute atomic E-state index is 0.0512. The molecule has 4 nitrogen and oxygen atoms in total. The average molecular weight is 270 g/mol. The number of pyridine rings is 1. The fraction of sp³-hybridized carbons (Fsp3) is 0.538. The highest BCUT2D eigenvalue weighted by molar-refractivity contribution is 6.35. The van der Waals surface area contributed by atoms with E-state index in [1.165, 1.54) is 6.92 Å². The Kier molecular flexibility index (Phi) is 4.71. The summed E-state index contributed by atoms with van der Waals surface area (Å²) < 4.78 is 0. The van der Waals surface area contributed by atoms with Gasteiger partial charge in [-0.05, 0) is 13.8 Å². The maximum atomic E-state index is 11.4. The molecule has 2 heterocycles. The molecule has 0 saturated carbocycles. The number of hydrogen-bond donors (Lipinski definition) is 0.